The Morgan fingerprint density at radius 3 is 1.93 bits per heavy atom. The number of rotatable bonds is 21. The standard InChI is InChI=1S/C51H58N5O10P/c1-34(2)56(35(3)4)67(64-30-14-28-52)66-50(27-13-29-54-47(58)42-17-11-12-18-43(42)48(54)59)31-45(55-32-36(5)46(57)53-49(55)60)65-44(50)33-63-51(37-15-9-8-10-16-37,38-19-23-40(61-6)24-20-38)39-21-25-41(62-7)26-22-39/h8-12,15-26,32,34-35,44-45H,13-14,27,29-31,33H2,1-7H3,(H,53,57,60)/t44-,45+,50+,67?/m1/s1. The smallest absolute Gasteiger partial charge is 0.330 e. The zero-order valence-corrected chi connectivity index (χ0v) is 39.9. The number of aromatic amines is 1. The highest BCUT2D eigenvalue weighted by atomic mass is 31.2. The van der Waals surface area contributed by atoms with Crippen molar-refractivity contribution in [2.75, 3.05) is 34.0 Å². The van der Waals surface area contributed by atoms with Crippen molar-refractivity contribution in [3.05, 3.63) is 164 Å². The number of nitrogens with one attached hydrogen (secondary N) is 1. The number of imide groups is 1. The van der Waals surface area contributed by atoms with Crippen molar-refractivity contribution in [2.24, 2.45) is 0 Å². The van der Waals surface area contributed by atoms with Crippen LogP contribution in [-0.4, -0.2) is 88.7 Å². The summed E-state index contributed by atoms with van der Waals surface area (Å²) in [5.41, 5.74) is -0.473. The predicted octanol–water partition coefficient (Wildman–Crippen LogP) is 8.27. The molecule has 4 atom stereocenters. The Morgan fingerprint density at radius 2 is 1.39 bits per heavy atom. The number of carbonyl (C=O) groups is 2. The molecule has 0 bridgehead atoms. The maximum atomic E-state index is 13.7. The molecule has 0 radical (unpaired) electrons. The number of fused-ring (bicyclic) bond motifs is 1. The summed E-state index contributed by atoms with van der Waals surface area (Å²) < 4.78 is 43.2. The molecule has 1 N–H and O–H groups in total. The molecule has 1 saturated heterocycles. The molecule has 2 amide bonds. The molecular weight excluding hydrogens is 874 g/mol. The van der Waals surface area contributed by atoms with Crippen molar-refractivity contribution in [2.45, 2.75) is 95.9 Å². The molecule has 2 aliphatic heterocycles. The number of methoxy groups -OCH3 is 2. The predicted molar refractivity (Wildman–Crippen MR) is 253 cm³/mol. The van der Waals surface area contributed by atoms with Gasteiger partial charge in [0.15, 0.2) is 0 Å². The van der Waals surface area contributed by atoms with Gasteiger partial charge in [0.05, 0.1) is 51.1 Å². The number of nitriles is 1. The molecule has 3 heterocycles. The van der Waals surface area contributed by atoms with Crippen molar-refractivity contribution < 1.29 is 37.6 Å². The number of aryl methyl sites for hydroxylation is 1. The highest BCUT2D eigenvalue weighted by Crippen LogP contribution is 2.56. The minimum atomic E-state index is -1.95. The molecule has 352 valence electrons. The second-order valence-corrected chi connectivity index (χ2v) is 18.6. The molecule has 0 saturated carbocycles. The third-order valence-electron chi connectivity index (χ3n) is 12.3. The third-order valence-corrected chi connectivity index (χ3v) is 14.5. The first kappa shape index (κ1) is 48.9. The van der Waals surface area contributed by atoms with Crippen LogP contribution < -0.4 is 20.7 Å². The second-order valence-electron chi connectivity index (χ2n) is 17.2. The van der Waals surface area contributed by atoms with Crippen molar-refractivity contribution in [3.8, 4) is 17.6 Å². The van der Waals surface area contributed by atoms with E-state index in [1.54, 1.807) is 45.4 Å². The maximum absolute atomic E-state index is 13.7. The molecule has 1 aromatic heterocycles. The van der Waals surface area contributed by atoms with Crippen LogP contribution in [0.5, 0.6) is 11.5 Å². The van der Waals surface area contributed by atoms with Gasteiger partial charge < -0.3 is 28.0 Å². The SMILES string of the molecule is COc1ccc(C(OC[C@H]2O[C@H](n3cc(C)c(=O)[nH]c3=O)C[C@]2(CCCN2C(=O)c3ccccc3C2=O)OP(OCCC#N)N(C(C)C)C(C)C)(c2ccccc2)c2ccc(OC)cc2)cc1. The van der Waals surface area contributed by atoms with Gasteiger partial charge in [0.2, 0.25) is 0 Å². The van der Waals surface area contributed by atoms with E-state index in [1.807, 2.05) is 107 Å². The van der Waals surface area contributed by atoms with Gasteiger partial charge in [-0.05, 0) is 101 Å². The fourth-order valence-electron chi connectivity index (χ4n) is 9.04. The number of H-pyrrole nitrogens is 1. The number of ether oxygens (including phenoxy) is 4. The lowest BCUT2D eigenvalue weighted by atomic mass is 9.79. The van der Waals surface area contributed by atoms with Gasteiger partial charge in [-0.1, -0.05) is 66.7 Å². The van der Waals surface area contributed by atoms with Crippen molar-refractivity contribution >= 4 is 20.3 Å². The summed E-state index contributed by atoms with van der Waals surface area (Å²) in [6, 6.07) is 33.9. The summed E-state index contributed by atoms with van der Waals surface area (Å²) in [7, 11) is 1.27. The lowest BCUT2D eigenvalue weighted by molar-refractivity contribution is -0.118. The molecule has 15 nitrogen and oxygen atoms in total. The summed E-state index contributed by atoms with van der Waals surface area (Å²) in [5, 5.41) is 9.61. The van der Waals surface area contributed by atoms with Crippen LogP contribution in [0.1, 0.15) is 103 Å². The van der Waals surface area contributed by atoms with Gasteiger partial charge in [-0.15, -0.1) is 0 Å². The van der Waals surface area contributed by atoms with Crippen LogP contribution in [0.4, 0.5) is 0 Å². The molecule has 2 aliphatic rings. The number of nitrogens with zero attached hydrogens (tertiary/aromatic N) is 4. The van der Waals surface area contributed by atoms with Gasteiger partial charge in [0.25, 0.3) is 25.9 Å². The fourth-order valence-corrected chi connectivity index (χ4v) is 10.9. The third kappa shape index (κ3) is 10.2. The number of benzene rings is 4. The van der Waals surface area contributed by atoms with Gasteiger partial charge in [0.1, 0.15) is 35.0 Å². The van der Waals surface area contributed by atoms with Gasteiger partial charge in [-0.3, -0.25) is 28.8 Å². The van der Waals surface area contributed by atoms with Crippen LogP contribution in [0.3, 0.4) is 0 Å². The minimum Gasteiger partial charge on any atom is -0.497 e. The first-order chi connectivity index (χ1) is 32.3. The van der Waals surface area contributed by atoms with E-state index in [2.05, 4.69) is 15.7 Å². The Balaban J connectivity index is 1.39. The number of hydrogen-bond acceptors (Lipinski definition) is 12. The number of carbonyl (C=O) groups excluding carboxylic acids is 2. The van der Waals surface area contributed by atoms with Crippen LogP contribution in [0, 0.1) is 18.3 Å². The quantitative estimate of drug-likeness (QED) is 0.0323. The molecule has 1 unspecified atom stereocenters. The highest BCUT2D eigenvalue weighted by molar-refractivity contribution is 7.44. The largest absolute Gasteiger partial charge is 0.497 e. The minimum absolute atomic E-state index is 0.0599. The van der Waals surface area contributed by atoms with Gasteiger partial charge in [0, 0.05) is 36.8 Å². The van der Waals surface area contributed by atoms with E-state index in [1.165, 1.54) is 15.7 Å². The van der Waals surface area contributed by atoms with Crippen molar-refractivity contribution in [1.82, 2.24) is 19.1 Å². The van der Waals surface area contributed by atoms with E-state index < -0.39 is 43.3 Å². The highest BCUT2D eigenvalue weighted by Gasteiger charge is 2.55. The summed E-state index contributed by atoms with van der Waals surface area (Å²) in [4.78, 5) is 57.4. The topological polar surface area (TPSA) is 175 Å². The van der Waals surface area contributed by atoms with E-state index in [0.29, 0.717) is 28.2 Å². The molecule has 4 aromatic carbocycles. The van der Waals surface area contributed by atoms with Crippen molar-refractivity contribution in [1.29, 1.82) is 5.26 Å². The van der Waals surface area contributed by atoms with Gasteiger partial charge in [-0.25, -0.2) is 9.46 Å². The average Bonchev–Trinajstić information content (AvgIpc) is 3.80. The van der Waals surface area contributed by atoms with E-state index in [4.69, 9.17) is 28.0 Å². The van der Waals surface area contributed by atoms with E-state index in [9.17, 15) is 24.4 Å². The van der Waals surface area contributed by atoms with Crippen LogP contribution >= 0.6 is 8.53 Å². The Hall–Kier alpha value is -5.98. The fraction of sp³-hybridized carbons (Fsp3) is 0.392. The van der Waals surface area contributed by atoms with E-state index in [-0.39, 0.29) is 69.3 Å². The van der Waals surface area contributed by atoms with Crippen LogP contribution in [0.25, 0.3) is 0 Å². The first-order valence-corrected chi connectivity index (χ1v) is 23.6. The normalized spacial score (nSPS) is 18.7. The molecule has 16 heteroatoms. The maximum Gasteiger partial charge on any atom is 0.330 e. The number of aromatic nitrogens is 2. The van der Waals surface area contributed by atoms with Gasteiger partial charge >= 0.3 is 5.69 Å². The Morgan fingerprint density at radius 1 is 0.836 bits per heavy atom. The molecule has 0 aliphatic carbocycles. The van der Waals surface area contributed by atoms with Crippen molar-refractivity contribution in [3.63, 3.8) is 0 Å². The Bertz CT molecular complexity index is 2580. The van der Waals surface area contributed by atoms with E-state index in [0.717, 1.165) is 16.7 Å². The van der Waals surface area contributed by atoms with Gasteiger partial charge in [-0.2, -0.15) is 5.26 Å². The number of amides is 2. The summed E-state index contributed by atoms with van der Waals surface area (Å²) in [6.45, 7) is 9.78. The first-order valence-electron chi connectivity index (χ1n) is 22.5. The molecule has 0 spiro atoms. The zero-order chi connectivity index (χ0) is 47.9. The molecule has 7 rings (SSSR count). The Labute approximate surface area is 392 Å². The molecule has 67 heavy (non-hydrogen) atoms. The number of hydrogen-bond donors (Lipinski definition) is 1. The van der Waals surface area contributed by atoms with E-state index >= 15 is 0 Å². The van der Waals surface area contributed by atoms with Crippen LogP contribution in [0.2, 0.25) is 0 Å². The second kappa shape index (κ2) is 21.3. The Kier molecular flexibility index (Phi) is 15.6. The molecular formula is C51H58N5O10P. The average molecular weight is 932 g/mol. The monoisotopic (exact) mass is 931 g/mol. The zero-order valence-electron chi connectivity index (χ0n) is 39.0. The van der Waals surface area contributed by atoms with Crippen LogP contribution in [0.15, 0.2) is 119 Å². The summed E-state index contributed by atoms with van der Waals surface area (Å²) >= 11 is 0. The molecule has 1 fully saturated rings. The lowest BCUT2D eigenvalue weighted by Gasteiger charge is -2.43. The lowest BCUT2D eigenvalue weighted by Crippen LogP contribution is -2.47. The molecule has 5 aromatic rings. The summed E-state index contributed by atoms with van der Waals surface area (Å²) in [6.07, 6.45) is 0.194. The van der Waals surface area contributed by atoms with Crippen LogP contribution in [-0.2, 0) is 24.1 Å². The summed E-state index contributed by atoms with van der Waals surface area (Å²) in [5.74, 6) is 0.537.